The number of pyridine rings is 1. The molecule has 9 nitrogen and oxygen atoms in total. The number of aryl methyl sites for hydroxylation is 1. The summed E-state index contributed by atoms with van der Waals surface area (Å²) in [6.45, 7) is 2.36. The highest BCUT2D eigenvalue weighted by Gasteiger charge is 2.38. The Kier molecular flexibility index (Phi) is 9.24. The van der Waals surface area contributed by atoms with Crippen molar-refractivity contribution in [3.8, 4) is 5.75 Å². The van der Waals surface area contributed by atoms with Crippen LogP contribution >= 0.6 is 0 Å². The van der Waals surface area contributed by atoms with Crippen LogP contribution in [0.4, 0.5) is 13.2 Å². The van der Waals surface area contributed by atoms with Crippen LogP contribution in [0.2, 0.25) is 0 Å². The number of fused-ring (bicyclic) bond motifs is 1. The van der Waals surface area contributed by atoms with Crippen molar-refractivity contribution >= 4 is 28.7 Å². The van der Waals surface area contributed by atoms with E-state index in [0.717, 1.165) is 28.6 Å². The first-order valence-corrected chi connectivity index (χ1v) is 11.6. The molecule has 0 spiro atoms. The molecule has 0 radical (unpaired) electrons. The van der Waals surface area contributed by atoms with Crippen molar-refractivity contribution in [2.45, 2.75) is 45.0 Å². The minimum Gasteiger partial charge on any atom is -0.489 e. The molecule has 1 aliphatic carbocycles. The number of amides is 2. The van der Waals surface area contributed by atoms with Gasteiger partial charge in [0.15, 0.2) is 0 Å². The number of nitrogens with zero attached hydrogens (tertiary/aromatic N) is 1. The molecule has 1 heterocycles. The quantitative estimate of drug-likeness (QED) is 0.276. The van der Waals surface area contributed by atoms with Gasteiger partial charge in [-0.15, -0.1) is 0 Å². The molecule has 1 aliphatic rings. The molecule has 0 bridgehead atoms. The number of nitrogens with one attached hydrogen (secondary N) is 2. The average molecular weight is 534 g/mol. The summed E-state index contributed by atoms with van der Waals surface area (Å²) in [7, 11) is 0. The fourth-order valence-corrected chi connectivity index (χ4v) is 4.16. The van der Waals surface area contributed by atoms with Crippen molar-refractivity contribution < 1.29 is 42.6 Å². The Morgan fingerprint density at radius 3 is 2.37 bits per heavy atom. The molecule has 4 N–H and O–H groups in total. The van der Waals surface area contributed by atoms with Crippen LogP contribution in [0, 0.1) is 12.8 Å². The molecule has 0 unspecified atom stereocenters. The average Bonchev–Trinajstić information content (AvgIpc) is 3.34. The predicted octanol–water partition coefficient (Wildman–Crippen LogP) is 4.16. The molecule has 12 heteroatoms. The van der Waals surface area contributed by atoms with Gasteiger partial charge in [0, 0.05) is 28.2 Å². The van der Waals surface area contributed by atoms with Gasteiger partial charge in [-0.1, -0.05) is 24.6 Å². The maximum atomic E-state index is 12.6. The summed E-state index contributed by atoms with van der Waals surface area (Å²) in [5, 5.41) is 20.0. The Balaban J connectivity index is 0.000000505. The van der Waals surface area contributed by atoms with E-state index in [2.05, 4.69) is 10.3 Å². The molecule has 4 rings (SSSR count). The van der Waals surface area contributed by atoms with Crippen molar-refractivity contribution in [2.24, 2.45) is 5.92 Å². The first-order valence-electron chi connectivity index (χ1n) is 11.6. The van der Waals surface area contributed by atoms with Crippen LogP contribution < -0.4 is 15.5 Å². The number of carbonyl (C=O) groups excluding carboxylic acids is 2. The molecule has 2 aromatic carbocycles. The monoisotopic (exact) mass is 533 g/mol. The summed E-state index contributed by atoms with van der Waals surface area (Å²) in [5.74, 6) is -3.20. The summed E-state index contributed by atoms with van der Waals surface area (Å²) < 4.78 is 37.7. The minimum absolute atomic E-state index is 0.245. The van der Waals surface area contributed by atoms with Crippen LogP contribution in [0.25, 0.3) is 10.9 Å². The zero-order valence-electron chi connectivity index (χ0n) is 20.3. The Labute approximate surface area is 215 Å². The van der Waals surface area contributed by atoms with Crippen molar-refractivity contribution in [2.75, 3.05) is 0 Å². The fourth-order valence-electron chi connectivity index (χ4n) is 4.16. The van der Waals surface area contributed by atoms with Crippen LogP contribution in [0.5, 0.6) is 5.75 Å². The Morgan fingerprint density at radius 1 is 1.08 bits per heavy atom. The Morgan fingerprint density at radius 2 is 1.74 bits per heavy atom. The number of carboxylic acids is 1. The third kappa shape index (κ3) is 7.42. The lowest BCUT2D eigenvalue weighted by Gasteiger charge is -2.19. The molecule has 2 atom stereocenters. The van der Waals surface area contributed by atoms with Crippen LogP contribution in [-0.4, -0.2) is 45.3 Å². The van der Waals surface area contributed by atoms with E-state index in [1.54, 1.807) is 29.7 Å². The van der Waals surface area contributed by atoms with Crippen LogP contribution in [0.3, 0.4) is 0 Å². The van der Waals surface area contributed by atoms with E-state index in [-0.39, 0.29) is 11.9 Å². The van der Waals surface area contributed by atoms with Gasteiger partial charge in [0.25, 0.3) is 5.91 Å². The molecule has 0 aliphatic heterocycles. The highest BCUT2D eigenvalue weighted by atomic mass is 19.4. The van der Waals surface area contributed by atoms with E-state index >= 15 is 0 Å². The zero-order valence-corrected chi connectivity index (χ0v) is 20.3. The first-order chi connectivity index (χ1) is 18.0. The zero-order chi connectivity index (χ0) is 27.9. The van der Waals surface area contributed by atoms with E-state index in [1.807, 2.05) is 37.3 Å². The maximum absolute atomic E-state index is 12.6. The number of hydrogen-bond donors (Lipinski definition) is 4. The lowest BCUT2D eigenvalue weighted by Crippen LogP contribution is -2.43. The highest BCUT2D eigenvalue weighted by molar-refractivity contribution is 5.95. The second-order valence-electron chi connectivity index (χ2n) is 8.65. The van der Waals surface area contributed by atoms with Crippen molar-refractivity contribution in [1.29, 1.82) is 0 Å². The molecule has 1 aromatic heterocycles. The van der Waals surface area contributed by atoms with E-state index in [1.165, 1.54) is 0 Å². The predicted molar refractivity (Wildman–Crippen MR) is 129 cm³/mol. The number of hydrogen-bond acceptors (Lipinski definition) is 6. The Hall–Kier alpha value is -4.19. The smallest absolute Gasteiger partial charge is 0.489 e. The summed E-state index contributed by atoms with van der Waals surface area (Å²) in [6, 6.07) is 16.6. The standard InChI is InChI=1S/C24H25N3O4.C2HF3O2/c1-15-13-17(19-5-2-3-7-21(19)25-15)14-31-18-11-9-16(10-12-18)23(28)26-22-8-4-6-20(22)24(29)27-30;3-2(4,5)1(6)7/h2-3,5,7,9-13,20,22,30H,4,6,8,14H2,1H3,(H,26,28)(H,27,29);(H,6,7)/t20-,22-;/m0./s1. The molecule has 202 valence electrons. The summed E-state index contributed by atoms with van der Waals surface area (Å²) in [4.78, 5) is 37.8. The van der Waals surface area contributed by atoms with Gasteiger partial charge in [-0.25, -0.2) is 10.3 Å². The third-order valence-electron chi connectivity index (χ3n) is 5.96. The van der Waals surface area contributed by atoms with E-state index in [4.69, 9.17) is 19.8 Å². The Bertz CT molecular complexity index is 1300. The number of aliphatic carboxylic acids is 1. The lowest BCUT2D eigenvalue weighted by atomic mass is 10.0. The largest absolute Gasteiger partial charge is 0.490 e. The topological polar surface area (TPSA) is 138 Å². The highest BCUT2D eigenvalue weighted by Crippen LogP contribution is 2.26. The van der Waals surface area contributed by atoms with Crippen molar-refractivity contribution in [3.63, 3.8) is 0 Å². The summed E-state index contributed by atoms with van der Waals surface area (Å²) in [5.41, 5.74) is 5.11. The number of aromatic nitrogens is 1. The normalized spacial score (nSPS) is 16.8. The number of ether oxygens (including phenoxy) is 1. The van der Waals surface area contributed by atoms with E-state index in [0.29, 0.717) is 30.8 Å². The fraction of sp³-hybridized carbons (Fsp3) is 0.308. The van der Waals surface area contributed by atoms with Crippen LogP contribution in [-0.2, 0) is 16.2 Å². The first kappa shape index (κ1) is 28.4. The van der Waals surface area contributed by atoms with E-state index in [9.17, 15) is 22.8 Å². The number of rotatable bonds is 6. The minimum atomic E-state index is -5.08. The molecule has 2 amide bonds. The summed E-state index contributed by atoms with van der Waals surface area (Å²) in [6.07, 6.45) is -2.89. The number of carbonyl (C=O) groups is 3. The van der Waals surface area contributed by atoms with Gasteiger partial charge in [0.05, 0.1) is 11.4 Å². The summed E-state index contributed by atoms with van der Waals surface area (Å²) >= 11 is 0. The van der Waals surface area contributed by atoms with Gasteiger partial charge in [0.1, 0.15) is 12.4 Å². The maximum Gasteiger partial charge on any atom is 0.490 e. The van der Waals surface area contributed by atoms with Crippen LogP contribution in [0.1, 0.15) is 40.9 Å². The van der Waals surface area contributed by atoms with Gasteiger partial charge < -0.3 is 15.2 Å². The second kappa shape index (κ2) is 12.4. The van der Waals surface area contributed by atoms with Gasteiger partial charge in [-0.05, 0) is 56.2 Å². The number of carboxylic acid groups (broad SMARTS) is 1. The molecule has 3 aromatic rings. The second-order valence-corrected chi connectivity index (χ2v) is 8.65. The van der Waals surface area contributed by atoms with E-state index < -0.39 is 24.0 Å². The number of para-hydroxylation sites is 1. The molecule has 38 heavy (non-hydrogen) atoms. The van der Waals surface area contributed by atoms with Crippen LogP contribution in [0.15, 0.2) is 54.6 Å². The number of halogens is 3. The SMILES string of the molecule is Cc1cc(COc2ccc(C(=O)N[C@H]3CCC[C@@H]3C(=O)NO)cc2)c2ccccc2n1.O=C(O)C(F)(F)F. The molecule has 0 saturated heterocycles. The third-order valence-corrected chi connectivity index (χ3v) is 5.96. The number of alkyl halides is 3. The number of benzene rings is 2. The number of hydroxylamine groups is 1. The molecule has 1 saturated carbocycles. The van der Waals surface area contributed by atoms with Crippen molar-refractivity contribution in [3.05, 3.63) is 71.4 Å². The van der Waals surface area contributed by atoms with Gasteiger partial charge in [-0.2, -0.15) is 13.2 Å². The van der Waals surface area contributed by atoms with Gasteiger partial charge in [0.2, 0.25) is 5.91 Å². The van der Waals surface area contributed by atoms with Crippen molar-refractivity contribution in [1.82, 2.24) is 15.8 Å². The molecular weight excluding hydrogens is 507 g/mol. The van der Waals surface area contributed by atoms with Gasteiger partial charge in [-0.3, -0.25) is 19.8 Å². The van der Waals surface area contributed by atoms with Gasteiger partial charge >= 0.3 is 12.1 Å². The molecule has 1 fully saturated rings. The molecular formula is C26H26F3N3O6. The lowest BCUT2D eigenvalue weighted by molar-refractivity contribution is -0.192.